The van der Waals surface area contributed by atoms with Gasteiger partial charge in [-0.05, 0) is 57.9 Å². The number of amides is 3. The molecule has 3 amide bonds. The van der Waals surface area contributed by atoms with Crippen LogP contribution >= 0.6 is 11.6 Å². The van der Waals surface area contributed by atoms with Gasteiger partial charge < -0.3 is 25.6 Å². The molecular weight excluding hydrogens is 713 g/mol. The number of halogens is 6. The molecule has 0 unspecified atom stereocenters. The van der Waals surface area contributed by atoms with Crippen molar-refractivity contribution in [2.45, 2.75) is 63.9 Å². The number of ether oxygens (including phenoxy) is 1. The zero-order chi connectivity index (χ0) is 37.1. The number of anilines is 2. The fourth-order valence-electron chi connectivity index (χ4n) is 5.60. The smallest absolute Gasteiger partial charge is 0.408 e. The standard InChI is InChI=1S/C32H39ClF5N5O6S/c1-30(2,3)49-29(46)41-31(9-16-50(47,48)17-10-31)28(45)39-19-20-4-6-22(26(35)25(20)34)27(44)40-23-7-5-21(33)18-24(23)43-14-12-42(13-15-43)11-8-32(36,37)38/h4-7,18H,8-17,19H2,1-3H3,(H,39,45)(H,40,44)(H,41,46). The summed E-state index contributed by atoms with van der Waals surface area (Å²) in [5, 5.41) is 7.78. The molecule has 0 aliphatic carbocycles. The summed E-state index contributed by atoms with van der Waals surface area (Å²) < 4.78 is 97.9. The number of alkyl carbamates (subject to hydrolysis) is 1. The lowest BCUT2D eigenvalue weighted by atomic mass is 9.91. The zero-order valence-corrected chi connectivity index (χ0v) is 29.3. The van der Waals surface area contributed by atoms with E-state index in [1.54, 1.807) is 31.7 Å². The van der Waals surface area contributed by atoms with Crippen LogP contribution in [-0.4, -0.2) is 92.8 Å². The summed E-state index contributed by atoms with van der Waals surface area (Å²) in [7, 11) is -3.46. The Morgan fingerprint density at radius 3 is 2.20 bits per heavy atom. The number of sulfone groups is 1. The summed E-state index contributed by atoms with van der Waals surface area (Å²) in [5.41, 5.74) is -2.89. The van der Waals surface area contributed by atoms with Crippen molar-refractivity contribution in [3.05, 3.63) is 58.1 Å². The van der Waals surface area contributed by atoms with Crippen LogP contribution in [0, 0.1) is 11.6 Å². The first kappa shape index (κ1) is 39.1. The topological polar surface area (TPSA) is 137 Å². The number of nitrogens with zero attached hydrogens (tertiary/aromatic N) is 2. The normalized spacial score (nSPS) is 17.9. The minimum atomic E-state index is -4.27. The Bertz CT molecular complexity index is 1700. The fourth-order valence-corrected chi connectivity index (χ4v) is 7.29. The van der Waals surface area contributed by atoms with Crippen LogP contribution in [0.2, 0.25) is 5.02 Å². The van der Waals surface area contributed by atoms with Crippen LogP contribution in [-0.2, 0) is 25.9 Å². The number of rotatable bonds is 9. The summed E-state index contributed by atoms with van der Waals surface area (Å²) in [5.74, 6) is -5.50. The molecule has 2 saturated heterocycles. The van der Waals surface area contributed by atoms with Crippen molar-refractivity contribution >= 4 is 50.7 Å². The SMILES string of the molecule is CC(C)(C)OC(=O)NC1(C(=O)NCc2ccc(C(=O)Nc3ccc(Cl)cc3N3CCN(CCC(F)(F)F)CC3)c(F)c2F)CCS(=O)(=O)CC1. The number of benzene rings is 2. The van der Waals surface area contributed by atoms with Crippen molar-refractivity contribution < 1.29 is 49.5 Å². The molecule has 2 aromatic rings. The van der Waals surface area contributed by atoms with Crippen LogP contribution in [0.25, 0.3) is 0 Å². The lowest BCUT2D eigenvalue weighted by Crippen LogP contribution is -2.62. The van der Waals surface area contributed by atoms with Gasteiger partial charge in [-0.1, -0.05) is 17.7 Å². The molecule has 2 fully saturated rings. The molecule has 18 heteroatoms. The van der Waals surface area contributed by atoms with Gasteiger partial charge in [-0.2, -0.15) is 13.2 Å². The number of carbonyl (C=O) groups excluding carboxylic acids is 3. The average molecular weight is 752 g/mol. The number of hydrogen-bond acceptors (Lipinski definition) is 8. The maximum Gasteiger partial charge on any atom is 0.408 e. The van der Waals surface area contributed by atoms with E-state index < -0.39 is 86.7 Å². The quantitative estimate of drug-likeness (QED) is 0.304. The maximum atomic E-state index is 15.3. The van der Waals surface area contributed by atoms with Crippen molar-refractivity contribution in [2.75, 3.05) is 54.4 Å². The highest BCUT2D eigenvalue weighted by molar-refractivity contribution is 7.91. The molecular formula is C32H39ClF5N5O6S. The number of hydrogen-bond donors (Lipinski definition) is 3. The molecule has 0 bridgehead atoms. The van der Waals surface area contributed by atoms with E-state index in [9.17, 15) is 36.0 Å². The largest absolute Gasteiger partial charge is 0.444 e. The highest BCUT2D eigenvalue weighted by atomic mass is 35.5. The number of carbonyl (C=O) groups is 3. The van der Waals surface area contributed by atoms with Crippen LogP contribution in [0.4, 0.5) is 38.1 Å². The number of alkyl halides is 3. The van der Waals surface area contributed by atoms with E-state index in [2.05, 4.69) is 16.0 Å². The predicted molar refractivity (Wildman–Crippen MR) is 177 cm³/mol. The van der Waals surface area contributed by atoms with Gasteiger partial charge in [0.15, 0.2) is 21.5 Å². The maximum absolute atomic E-state index is 15.3. The Balaban J connectivity index is 1.44. The van der Waals surface area contributed by atoms with Gasteiger partial charge in [-0.15, -0.1) is 0 Å². The molecule has 0 aromatic heterocycles. The summed E-state index contributed by atoms with van der Waals surface area (Å²) in [6.07, 6.45) is -6.69. The highest BCUT2D eigenvalue weighted by Crippen LogP contribution is 2.32. The Morgan fingerprint density at radius 1 is 0.960 bits per heavy atom. The summed E-state index contributed by atoms with van der Waals surface area (Å²) in [4.78, 5) is 42.5. The Labute approximate surface area is 291 Å². The minimum absolute atomic E-state index is 0.144. The molecule has 3 N–H and O–H groups in total. The first-order valence-corrected chi connectivity index (χ1v) is 18.0. The molecule has 0 atom stereocenters. The fraction of sp³-hybridized carbons (Fsp3) is 0.531. The second-order valence-electron chi connectivity index (χ2n) is 13.3. The summed E-state index contributed by atoms with van der Waals surface area (Å²) in [6, 6.07) is 6.65. The molecule has 2 aliphatic heterocycles. The lowest BCUT2D eigenvalue weighted by molar-refractivity contribution is -0.138. The van der Waals surface area contributed by atoms with E-state index in [-0.39, 0.29) is 30.6 Å². The van der Waals surface area contributed by atoms with Crippen LogP contribution < -0.4 is 20.9 Å². The number of piperazine rings is 1. The van der Waals surface area contributed by atoms with E-state index in [0.717, 1.165) is 12.1 Å². The first-order valence-electron chi connectivity index (χ1n) is 15.8. The molecule has 0 saturated carbocycles. The van der Waals surface area contributed by atoms with Crippen molar-refractivity contribution in [3.63, 3.8) is 0 Å². The minimum Gasteiger partial charge on any atom is -0.444 e. The molecule has 2 aromatic carbocycles. The van der Waals surface area contributed by atoms with Gasteiger partial charge in [0.1, 0.15) is 11.1 Å². The van der Waals surface area contributed by atoms with Crippen LogP contribution in [0.5, 0.6) is 0 Å². The van der Waals surface area contributed by atoms with Gasteiger partial charge in [0.2, 0.25) is 5.91 Å². The van der Waals surface area contributed by atoms with E-state index in [1.165, 1.54) is 12.1 Å². The molecule has 2 heterocycles. The third-order valence-corrected chi connectivity index (χ3v) is 10.2. The van der Waals surface area contributed by atoms with Gasteiger partial charge in [-0.3, -0.25) is 14.5 Å². The van der Waals surface area contributed by atoms with E-state index in [1.807, 2.05) is 4.90 Å². The lowest BCUT2D eigenvalue weighted by Gasteiger charge is -2.37. The highest BCUT2D eigenvalue weighted by Gasteiger charge is 2.45. The molecule has 0 spiro atoms. The summed E-state index contributed by atoms with van der Waals surface area (Å²) in [6.45, 7) is 5.43. The van der Waals surface area contributed by atoms with Crippen LogP contribution in [0.1, 0.15) is 56.0 Å². The molecule has 11 nitrogen and oxygen atoms in total. The number of nitrogens with one attached hydrogen (secondary N) is 3. The predicted octanol–water partition coefficient (Wildman–Crippen LogP) is 5.03. The van der Waals surface area contributed by atoms with Crippen LogP contribution in [0.3, 0.4) is 0 Å². The van der Waals surface area contributed by atoms with Crippen molar-refractivity contribution in [1.29, 1.82) is 0 Å². The Morgan fingerprint density at radius 2 is 1.60 bits per heavy atom. The van der Waals surface area contributed by atoms with E-state index >= 15 is 8.78 Å². The van der Waals surface area contributed by atoms with Gasteiger partial charge in [0.25, 0.3) is 5.91 Å². The van der Waals surface area contributed by atoms with Gasteiger partial charge >= 0.3 is 12.3 Å². The molecule has 50 heavy (non-hydrogen) atoms. The van der Waals surface area contributed by atoms with Crippen molar-refractivity contribution in [3.8, 4) is 0 Å². The second-order valence-corrected chi connectivity index (χ2v) is 16.0. The second kappa shape index (κ2) is 15.3. The average Bonchev–Trinajstić information content (AvgIpc) is 3.01. The zero-order valence-electron chi connectivity index (χ0n) is 27.7. The van der Waals surface area contributed by atoms with Crippen LogP contribution in [0.15, 0.2) is 30.3 Å². The van der Waals surface area contributed by atoms with Crippen molar-refractivity contribution in [2.24, 2.45) is 0 Å². The van der Waals surface area contributed by atoms with Gasteiger partial charge in [0, 0.05) is 49.9 Å². The summed E-state index contributed by atoms with van der Waals surface area (Å²) >= 11 is 6.19. The van der Waals surface area contributed by atoms with Crippen molar-refractivity contribution in [1.82, 2.24) is 15.5 Å². The first-order chi connectivity index (χ1) is 23.2. The monoisotopic (exact) mass is 751 g/mol. The molecule has 4 rings (SSSR count). The Hall–Kier alpha value is -3.70. The molecule has 2 aliphatic rings. The molecule has 0 radical (unpaired) electrons. The molecule has 276 valence electrons. The van der Waals surface area contributed by atoms with E-state index in [4.69, 9.17) is 16.3 Å². The van der Waals surface area contributed by atoms with Gasteiger partial charge in [0.05, 0.1) is 34.9 Å². The van der Waals surface area contributed by atoms with Gasteiger partial charge in [-0.25, -0.2) is 22.0 Å². The third-order valence-electron chi connectivity index (χ3n) is 8.33. The third kappa shape index (κ3) is 10.4. The Kier molecular flexibility index (Phi) is 11.9. The van der Waals surface area contributed by atoms with E-state index in [0.29, 0.717) is 36.9 Å².